The van der Waals surface area contributed by atoms with Gasteiger partial charge in [0.05, 0.1) is 4.92 Å². The van der Waals surface area contributed by atoms with Crippen LogP contribution in [0.5, 0.6) is 0 Å². The zero-order valence-electron chi connectivity index (χ0n) is 9.91. The van der Waals surface area contributed by atoms with Crippen LogP contribution in [0.2, 0.25) is 0 Å². The first-order valence-electron chi connectivity index (χ1n) is 5.57. The summed E-state index contributed by atoms with van der Waals surface area (Å²) in [5.41, 5.74) is 2.47. The highest BCUT2D eigenvalue weighted by molar-refractivity contribution is 5.39. The molecule has 1 N–H and O–H groups in total. The maximum Gasteiger partial charge on any atom is 0.269 e. The van der Waals surface area contributed by atoms with Crippen LogP contribution in [-0.2, 0) is 0 Å². The van der Waals surface area contributed by atoms with Gasteiger partial charge in [0.25, 0.3) is 5.69 Å². The molecule has 0 aliphatic rings. The minimum atomic E-state index is -0.757. The average molecular weight is 243 g/mol. The summed E-state index contributed by atoms with van der Waals surface area (Å²) in [6.07, 6.45) is -0.757. The average Bonchev–Trinajstić information content (AvgIpc) is 2.38. The van der Waals surface area contributed by atoms with E-state index < -0.39 is 11.0 Å². The summed E-state index contributed by atoms with van der Waals surface area (Å²) in [6, 6.07) is 13.5. The van der Waals surface area contributed by atoms with Gasteiger partial charge in [0.15, 0.2) is 0 Å². The predicted octanol–water partition coefficient (Wildman–Crippen LogP) is 2.98. The summed E-state index contributed by atoms with van der Waals surface area (Å²) in [7, 11) is 0. The molecular formula is C14H13NO3. The Bertz CT molecular complexity index is 564. The standard InChI is InChI=1S/C14H13NO3/c1-10-4-2-3-5-13(10)14(16)11-6-8-12(9-7-11)15(17)18/h2-9,14,16H,1H3. The maximum absolute atomic E-state index is 10.5. The number of benzene rings is 2. The zero-order valence-corrected chi connectivity index (χ0v) is 9.91. The van der Waals surface area contributed by atoms with E-state index in [4.69, 9.17) is 0 Å². The van der Waals surface area contributed by atoms with E-state index in [1.54, 1.807) is 12.1 Å². The fraction of sp³-hybridized carbons (Fsp3) is 0.143. The van der Waals surface area contributed by atoms with Crippen molar-refractivity contribution in [2.45, 2.75) is 13.0 Å². The van der Waals surface area contributed by atoms with Crippen molar-refractivity contribution in [2.75, 3.05) is 0 Å². The molecule has 4 heteroatoms. The molecule has 0 aliphatic carbocycles. The highest BCUT2D eigenvalue weighted by Gasteiger charge is 2.13. The van der Waals surface area contributed by atoms with Gasteiger partial charge in [-0.15, -0.1) is 0 Å². The first-order chi connectivity index (χ1) is 8.59. The molecule has 92 valence electrons. The van der Waals surface area contributed by atoms with E-state index in [0.29, 0.717) is 5.56 Å². The summed E-state index contributed by atoms with van der Waals surface area (Å²) in [4.78, 5) is 10.1. The molecular weight excluding hydrogens is 230 g/mol. The van der Waals surface area contributed by atoms with E-state index in [9.17, 15) is 15.2 Å². The Morgan fingerprint density at radius 1 is 1.11 bits per heavy atom. The lowest BCUT2D eigenvalue weighted by atomic mass is 9.97. The number of aliphatic hydroxyl groups is 1. The fourth-order valence-corrected chi connectivity index (χ4v) is 1.85. The monoisotopic (exact) mass is 243 g/mol. The Morgan fingerprint density at radius 2 is 1.72 bits per heavy atom. The number of aryl methyl sites for hydroxylation is 1. The molecule has 18 heavy (non-hydrogen) atoms. The lowest BCUT2D eigenvalue weighted by molar-refractivity contribution is -0.384. The van der Waals surface area contributed by atoms with Crippen LogP contribution in [0, 0.1) is 17.0 Å². The molecule has 1 atom stereocenters. The fourth-order valence-electron chi connectivity index (χ4n) is 1.85. The van der Waals surface area contributed by atoms with Gasteiger partial charge in [0.1, 0.15) is 6.10 Å². The van der Waals surface area contributed by atoms with Crippen LogP contribution in [-0.4, -0.2) is 10.0 Å². The lowest BCUT2D eigenvalue weighted by Gasteiger charge is -2.13. The molecule has 4 nitrogen and oxygen atoms in total. The normalized spacial score (nSPS) is 12.1. The van der Waals surface area contributed by atoms with Gasteiger partial charge >= 0.3 is 0 Å². The molecule has 0 spiro atoms. The maximum atomic E-state index is 10.5. The Hall–Kier alpha value is -2.20. The Morgan fingerprint density at radius 3 is 2.28 bits per heavy atom. The van der Waals surface area contributed by atoms with Crippen molar-refractivity contribution >= 4 is 5.69 Å². The number of aliphatic hydroxyl groups excluding tert-OH is 1. The van der Waals surface area contributed by atoms with Crippen LogP contribution in [0.1, 0.15) is 22.8 Å². The van der Waals surface area contributed by atoms with Crippen molar-refractivity contribution in [3.05, 3.63) is 75.3 Å². The molecule has 1 unspecified atom stereocenters. The van der Waals surface area contributed by atoms with Gasteiger partial charge in [-0.05, 0) is 35.7 Å². The minimum Gasteiger partial charge on any atom is -0.384 e. The van der Waals surface area contributed by atoms with Gasteiger partial charge < -0.3 is 5.11 Å². The number of nitro groups is 1. The molecule has 0 saturated carbocycles. The number of hydrogen-bond donors (Lipinski definition) is 1. The van der Waals surface area contributed by atoms with Crippen molar-refractivity contribution in [2.24, 2.45) is 0 Å². The molecule has 0 saturated heterocycles. The van der Waals surface area contributed by atoms with Crippen molar-refractivity contribution in [1.82, 2.24) is 0 Å². The van der Waals surface area contributed by atoms with Crippen LogP contribution in [0.4, 0.5) is 5.69 Å². The highest BCUT2D eigenvalue weighted by atomic mass is 16.6. The van der Waals surface area contributed by atoms with Crippen LogP contribution in [0.15, 0.2) is 48.5 Å². The van der Waals surface area contributed by atoms with E-state index in [1.165, 1.54) is 12.1 Å². The molecule has 0 amide bonds. The van der Waals surface area contributed by atoms with Gasteiger partial charge in [-0.25, -0.2) is 0 Å². The lowest BCUT2D eigenvalue weighted by Crippen LogP contribution is -2.01. The van der Waals surface area contributed by atoms with Gasteiger partial charge in [-0.2, -0.15) is 0 Å². The van der Waals surface area contributed by atoms with Crippen LogP contribution >= 0.6 is 0 Å². The first-order valence-corrected chi connectivity index (χ1v) is 5.57. The van der Waals surface area contributed by atoms with Crippen molar-refractivity contribution in [3.8, 4) is 0 Å². The van der Waals surface area contributed by atoms with Crippen LogP contribution in [0.3, 0.4) is 0 Å². The molecule has 0 aromatic heterocycles. The van der Waals surface area contributed by atoms with E-state index >= 15 is 0 Å². The van der Waals surface area contributed by atoms with E-state index in [1.807, 2.05) is 31.2 Å². The number of non-ortho nitro benzene ring substituents is 1. The molecule has 2 aromatic rings. The molecule has 2 aromatic carbocycles. The summed E-state index contributed by atoms with van der Waals surface area (Å²) >= 11 is 0. The van der Waals surface area contributed by atoms with Crippen molar-refractivity contribution < 1.29 is 10.0 Å². The number of hydrogen-bond acceptors (Lipinski definition) is 3. The molecule has 0 radical (unpaired) electrons. The summed E-state index contributed by atoms with van der Waals surface area (Å²) in [5, 5.41) is 20.8. The van der Waals surface area contributed by atoms with Crippen molar-refractivity contribution in [3.63, 3.8) is 0 Å². The predicted molar refractivity (Wildman–Crippen MR) is 68.3 cm³/mol. The van der Waals surface area contributed by atoms with Gasteiger partial charge in [0.2, 0.25) is 0 Å². The van der Waals surface area contributed by atoms with Crippen LogP contribution < -0.4 is 0 Å². The zero-order chi connectivity index (χ0) is 13.1. The topological polar surface area (TPSA) is 63.4 Å². The Balaban J connectivity index is 2.32. The quantitative estimate of drug-likeness (QED) is 0.665. The summed E-state index contributed by atoms with van der Waals surface area (Å²) in [6.45, 7) is 1.92. The third-order valence-corrected chi connectivity index (χ3v) is 2.90. The third kappa shape index (κ3) is 2.38. The van der Waals surface area contributed by atoms with Gasteiger partial charge in [-0.3, -0.25) is 10.1 Å². The SMILES string of the molecule is Cc1ccccc1C(O)c1ccc([N+](=O)[O-])cc1. The molecule has 0 aliphatic heterocycles. The summed E-state index contributed by atoms with van der Waals surface area (Å²) < 4.78 is 0. The third-order valence-electron chi connectivity index (χ3n) is 2.90. The summed E-state index contributed by atoms with van der Waals surface area (Å²) in [5.74, 6) is 0. The minimum absolute atomic E-state index is 0.0238. The molecule has 0 bridgehead atoms. The highest BCUT2D eigenvalue weighted by Crippen LogP contribution is 2.25. The van der Waals surface area contributed by atoms with Gasteiger partial charge in [0, 0.05) is 12.1 Å². The smallest absolute Gasteiger partial charge is 0.269 e. The first kappa shape index (κ1) is 12.3. The van der Waals surface area contributed by atoms with Crippen molar-refractivity contribution in [1.29, 1.82) is 0 Å². The van der Waals surface area contributed by atoms with Crippen LogP contribution in [0.25, 0.3) is 0 Å². The molecule has 0 fully saturated rings. The Kier molecular flexibility index (Phi) is 3.39. The van der Waals surface area contributed by atoms with E-state index in [0.717, 1.165) is 11.1 Å². The Labute approximate surface area is 105 Å². The second-order valence-electron chi connectivity index (χ2n) is 4.11. The molecule has 0 heterocycles. The second-order valence-corrected chi connectivity index (χ2v) is 4.11. The number of nitro benzene ring substituents is 1. The second kappa shape index (κ2) is 4.98. The van der Waals surface area contributed by atoms with E-state index in [2.05, 4.69) is 0 Å². The number of rotatable bonds is 3. The van der Waals surface area contributed by atoms with E-state index in [-0.39, 0.29) is 5.69 Å². The largest absolute Gasteiger partial charge is 0.384 e. The van der Waals surface area contributed by atoms with Gasteiger partial charge in [-0.1, -0.05) is 24.3 Å². The molecule has 2 rings (SSSR count). The number of nitrogens with zero attached hydrogens (tertiary/aromatic N) is 1.